The van der Waals surface area contributed by atoms with Crippen molar-refractivity contribution in [3.8, 4) is 0 Å². The first kappa shape index (κ1) is 13.0. The lowest BCUT2D eigenvalue weighted by Gasteiger charge is -1.96. The Labute approximate surface area is 99.4 Å². The van der Waals surface area contributed by atoms with Crippen LogP contribution < -0.4 is 5.32 Å². The van der Waals surface area contributed by atoms with Gasteiger partial charge in [-0.3, -0.25) is 4.79 Å². The van der Waals surface area contributed by atoms with Crippen LogP contribution in [0.2, 0.25) is 0 Å². The van der Waals surface area contributed by atoms with Gasteiger partial charge in [-0.1, -0.05) is 6.08 Å². The smallest absolute Gasteiger partial charge is 0.373 e. The van der Waals surface area contributed by atoms with E-state index in [4.69, 9.17) is 4.42 Å². The van der Waals surface area contributed by atoms with Gasteiger partial charge in [0.05, 0.1) is 7.11 Å². The molecule has 1 N–H and O–H groups in total. The van der Waals surface area contributed by atoms with Gasteiger partial charge in [-0.2, -0.15) is 0 Å². The van der Waals surface area contributed by atoms with Crippen LogP contribution >= 0.6 is 0 Å². The summed E-state index contributed by atoms with van der Waals surface area (Å²) < 4.78 is 9.73. The largest absolute Gasteiger partial charge is 0.463 e. The van der Waals surface area contributed by atoms with Gasteiger partial charge >= 0.3 is 5.97 Å². The van der Waals surface area contributed by atoms with Gasteiger partial charge in [0.1, 0.15) is 5.76 Å². The summed E-state index contributed by atoms with van der Waals surface area (Å²) in [7, 11) is 1.30. The molecule has 0 spiro atoms. The average Bonchev–Trinajstić information content (AvgIpc) is 2.76. The van der Waals surface area contributed by atoms with Crippen LogP contribution in [0.4, 0.5) is 0 Å². The van der Waals surface area contributed by atoms with E-state index in [0.29, 0.717) is 18.7 Å². The maximum atomic E-state index is 11.1. The van der Waals surface area contributed by atoms with Crippen molar-refractivity contribution in [2.45, 2.75) is 13.3 Å². The maximum Gasteiger partial charge on any atom is 0.373 e. The molecule has 1 aromatic rings. The number of ether oxygens (including phenoxy) is 1. The van der Waals surface area contributed by atoms with Gasteiger partial charge in [0.2, 0.25) is 11.7 Å². The predicted octanol–water partition coefficient (Wildman–Crippen LogP) is 1.61. The number of rotatable bonds is 5. The molecule has 92 valence electrons. The van der Waals surface area contributed by atoms with E-state index in [0.717, 1.165) is 0 Å². The molecule has 1 rings (SSSR count). The lowest BCUT2D eigenvalue weighted by Crippen LogP contribution is -2.20. The molecule has 1 heterocycles. The third-order valence-corrected chi connectivity index (χ3v) is 1.98. The maximum absolute atomic E-state index is 11.1. The van der Waals surface area contributed by atoms with Crippen LogP contribution in [0.1, 0.15) is 29.7 Å². The van der Waals surface area contributed by atoms with Crippen LogP contribution in [0.25, 0.3) is 6.08 Å². The van der Waals surface area contributed by atoms with Crippen LogP contribution in [0, 0.1) is 0 Å². The lowest BCUT2D eigenvalue weighted by atomic mass is 10.3. The molecule has 0 radical (unpaired) electrons. The molecule has 5 nitrogen and oxygen atoms in total. The molecule has 0 aromatic carbocycles. The van der Waals surface area contributed by atoms with E-state index in [2.05, 4.69) is 10.1 Å². The third kappa shape index (κ3) is 4.55. The fraction of sp³-hybridized carbons (Fsp3) is 0.333. The molecule has 0 saturated heterocycles. The summed E-state index contributed by atoms with van der Waals surface area (Å²) in [6, 6.07) is 3.24. The predicted molar refractivity (Wildman–Crippen MR) is 62.4 cm³/mol. The number of amides is 1. The van der Waals surface area contributed by atoms with Crippen LogP contribution in [-0.2, 0) is 9.53 Å². The average molecular weight is 237 g/mol. The summed E-state index contributed by atoms with van der Waals surface area (Å²) in [5.74, 6) is 0.203. The van der Waals surface area contributed by atoms with Crippen LogP contribution in [0.3, 0.4) is 0 Å². The third-order valence-electron chi connectivity index (χ3n) is 1.98. The Bertz CT molecular complexity index is 420. The molecule has 1 aromatic heterocycles. The Morgan fingerprint density at radius 3 is 2.88 bits per heavy atom. The molecule has 0 atom stereocenters. The standard InChI is InChI=1S/C12H15NO4/c1-9(14)13-8-4-3-5-10-6-7-11(17-10)12(15)16-2/h3,5-7H,4,8H2,1-2H3,(H,13,14). The Balaban J connectivity index is 2.41. The summed E-state index contributed by atoms with van der Waals surface area (Å²) in [5.41, 5.74) is 0. The number of hydrogen-bond donors (Lipinski definition) is 1. The molecule has 0 unspecified atom stereocenters. The van der Waals surface area contributed by atoms with Gasteiger partial charge in [-0.15, -0.1) is 0 Å². The van der Waals surface area contributed by atoms with E-state index >= 15 is 0 Å². The zero-order valence-electron chi connectivity index (χ0n) is 9.86. The van der Waals surface area contributed by atoms with Gasteiger partial charge in [0.25, 0.3) is 0 Å². The molecule has 5 heteroatoms. The van der Waals surface area contributed by atoms with E-state index in [1.165, 1.54) is 14.0 Å². The highest BCUT2D eigenvalue weighted by Crippen LogP contribution is 2.10. The normalized spacial score (nSPS) is 10.5. The van der Waals surface area contributed by atoms with Gasteiger partial charge in [0, 0.05) is 13.5 Å². The van der Waals surface area contributed by atoms with Crippen LogP contribution in [0.15, 0.2) is 22.6 Å². The summed E-state index contributed by atoms with van der Waals surface area (Å²) in [5, 5.41) is 2.67. The first-order valence-electron chi connectivity index (χ1n) is 5.22. The van der Waals surface area contributed by atoms with E-state index in [1.54, 1.807) is 18.2 Å². The number of nitrogens with one attached hydrogen (secondary N) is 1. The van der Waals surface area contributed by atoms with Crippen LogP contribution in [0.5, 0.6) is 0 Å². The van der Waals surface area contributed by atoms with Gasteiger partial charge in [0.15, 0.2) is 0 Å². The Morgan fingerprint density at radius 1 is 1.47 bits per heavy atom. The van der Waals surface area contributed by atoms with Crippen LogP contribution in [-0.4, -0.2) is 25.5 Å². The Morgan fingerprint density at radius 2 is 2.24 bits per heavy atom. The minimum absolute atomic E-state index is 0.0515. The number of carbonyl (C=O) groups is 2. The van der Waals surface area contributed by atoms with Crippen molar-refractivity contribution in [3.63, 3.8) is 0 Å². The van der Waals surface area contributed by atoms with Crippen molar-refractivity contribution < 1.29 is 18.7 Å². The minimum Gasteiger partial charge on any atom is -0.463 e. The molecule has 0 aliphatic heterocycles. The first-order valence-corrected chi connectivity index (χ1v) is 5.22. The minimum atomic E-state index is -0.497. The second-order valence-electron chi connectivity index (χ2n) is 3.37. The number of hydrogen-bond acceptors (Lipinski definition) is 4. The number of furan rings is 1. The number of esters is 1. The highest BCUT2D eigenvalue weighted by Gasteiger charge is 2.09. The monoisotopic (exact) mass is 237 g/mol. The Kier molecular flexibility index (Phi) is 5.00. The van der Waals surface area contributed by atoms with Crippen molar-refractivity contribution in [2.75, 3.05) is 13.7 Å². The molecule has 0 aliphatic rings. The number of methoxy groups -OCH3 is 1. The summed E-state index contributed by atoms with van der Waals surface area (Å²) in [6.45, 7) is 2.05. The summed E-state index contributed by atoms with van der Waals surface area (Å²) >= 11 is 0. The topological polar surface area (TPSA) is 68.5 Å². The zero-order valence-corrected chi connectivity index (χ0v) is 9.86. The van der Waals surface area contributed by atoms with Crippen molar-refractivity contribution in [1.29, 1.82) is 0 Å². The van der Waals surface area contributed by atoms with Crippen molar-refractivity contribution in [3.05, 3.63) is 29.7 Å². The summed E-state index contributed by atoms with van der Waals surface area (Å²) in [4.78, 5) is 21.7. The molecular weight excluding hydrogens is 222 g/mol. The molecule has 1 amide bonds. The van der Waals surface area contributed by atoms with Crippen molar-refractivity contribution in [1.82, 2.24) is 5.32 Å². The van der Waals surface area contributed by atoms with E-state index in [1.807, 2.05) is 6.08 Å². The van der Waals surface area contributed by atoms with Crippen molar-refractivity contribution >= 4 is 18.0 Å². The molecule has 0 fully saturated rings. The van der Waals surface area contributed by atoms with E-state index in [-0.39, 0.29) is 11.7 Å². The molecule has 17 heavy (non-hydrogen) atoms. The lowest BCUT2D eigenvalue weighted by molar-refractivity contribution is -0.118. The molecule has 0 bridgehead atoms. The SMILES string of the molecule is COC(=O)c1ccc(C=CCCNC(C)=O)o1. The highest BCUT2D eigenvalue weighted by atomic mass is 16.5. The molecule has 0 aliphatic carbocycles. The fourth-order valence-electron chi connectivity index (χ4n) is 1.18. The number of carbonyl (C=O) groups excluding carboxylic acids is 2. The van der Waals surface area contributed by atoms with Crippen molar-refractivity contribution in [2.24, 2.45) is 0 Å². The summed E-state index contributed by atoms with van der Waals surface area (Å²) in [6.07, 6.45) is 4.30. The quantitative estimate of drug-likeness (QED) is 0.624. The van der Waals surface area contributed by atoms with Gasteiger partial charge in [-0.05, 0) is 24.6 Å². The zero-order chi connectivity index (χ0) is 12.7. The Hall–Kier alpha value is -2.04. The first-order chi connectivity index (χ1) is 8.13. The molecular formula is C12H15NO4. The second kappa shape index (κ2) is 6.52. The van der Waals surface area contributed by atoms with E-state index in [9.17, 15) is 9.59 Å². The van der Waals surface area contributed by atoms with Gasteiger partial charge in [-0.25, -0.2) is 4.79 Å². The molecule has 0 saturated carbocycles. The highest BCUT2D eigenvalue weighted by molar-refractivity contribution is 5.86. The fourth-order valence-corrected chi connectivity index (χ4v) is 1.18. The van der Waals surface area contributed by atoms with E-state index < -0.39 is 5.97 Å². The second-order valence-corrected chi connectivity index (χ2v) is 3.37. The van der Waals surface area contributed by atoms with Gasteiger partial charge < -0.3 is 14.5 Å².